The molecule has 2 bridgehead atoms. The third-order valence-corrected chi connectivity index (χ3v) is 5.90. The van der Waals surface area contributed by atoms with E-state index >= 15 is 0 Å². The third kappa shape index (κ3) is 5.44. The lowest BCUT2D eigenvalue weighted by Gasteiger charge is -2.24. The standard InChI is InChI=1S/C22H27ClN6O4/c1-13(2)9-17-20(31)24-11-15-12-29(28-27-15)7-8-33-18-4-3-14(23)10-16(18)19(30)26-22(5-6-22)21(32)25-17/h3-4,10,12-13,17H,5-9,11H2,1-2H3,(H,24,31)(H,25,32)(H,26,30)/t17-/m1/s1. The molecule has 0 saturated heterocycles. The zero-order valence-electron chi connectivity index (χ0n) is 18.6. The van der Waals surface area contributed by atoms with E-state index in [9.17, 15) is 14.4 Å². The van der Waals surface area contributed by atoms with Gasteiger partial charge >= 0.3 is 0 Å². The summed E-state index contributed by atoms with van der Waals surface area (Å²) in [6.07, 6.45) is 3.14. The topological polar surface area (TPSA) is 127 Å². The fourth-order valence-corrected chi connectivity index (χ4v) is 3.87. The molecular weight excluding hydrogens is 448 g/mol. The Bertz CT molecular complexity index is 1060. The summed E-state index contributed by atoms with van der Waals surface area (Å²) >= 11 is 6.12. The molecule has 4 rings (SSSR count). The van der Waals surface area contributed by atoms with Gasteiger partial charge in [-0.05, 0) is 43.4 Å². The van der Waals surface area contributed by atoms with E-state index in [1.165, 1.54) is 6.07 Å². The number of amides is 3. The fraction of sp³-hybridized carbons (Fsp3) is 0.500. The summed E-state index contributed by atoms with van der Waals surface area (Å²) in [4.78, 5) is 39.1. The molecule has 11 heteroatoms. The van der Waals surface area contributed by atoms with E-state index in [1.54, 1.807) is 23.0 Å². The molecule has 33 heavy (non-hydrogen) atoms. The number of carbonyl (C=O) groups excluding carboxylic acids is 3. The number of nitrogens with zero attached hydrogens (tertiary/aromatic N) is 3. The van der Waals surface area contributed by atoms with Crippen molar-refractivity contribution >= 4 is 29.3 Å². The van der Waals surface area contributed by atoms with Crippen LogP contribution in [0, 0.1) is 5.92 Å². The quantitative estimate of drug-likeness (QED) is 0.604. The minimum atomic E-state index is -1.05. The number of rotatable bonds is 2. The van der Waals surface area contributed by atoms with E-state index in [0.29, 0.717) is 42.3 Å². The highest BCUT2D eigenvalue weighted by Crippen LogP contribution is 2.37. The summed E-state index contributed by atoms with van der Waals surface area (Å²) in [5.74, 6) is -0.619. The Hall–Kier alpha value is -3.14. The Morgan fingerprint density at radius 3 is 2.79 bits per heavy atom. The van der Waals surface area contributed by atoms with Crippen LogP contribution in [-0.2, 0) is 22.7 Å². The van der Waals surface area contributed by atoms with Crippen LogP contribution in [-0.4, -0.2) is 50.9 Å². The zero-order chi connectivity index (χ0) is 23.6. The van der Waals surface area contributed by atoms with E-state index in [2.05, 4.69) is 26.3 Å². The maximum Gasteiger partial charge on any atom is 0.255 e. The minimum Gasteiger partial charge on any atom is -0.491 e. The van der Waals surface area contributed by atoms with Crippen molar-refractivity contribution in [3.8, 4) is 5.75 Å². The lowest BCUT2D eigenvalue weighted by Crippen LogP contribution is -2.55. The van der Waals surface area contributed by atoms with Crippen molar-refractivity contribution in [2.45, 2.75) is 57.8 Å². The lowest BCUT2D eigenvalue weighted by molar-refractivity contribution is -0.130. The van der Waals surface area contributed by atoms with E-state index in [-0.39, 0.29) is 36.4 Å². The number of nitrogens with one attached hydrogen (secondary N) is 3. The monoisotopic (exact) mass is 474 g/mol. The smallest absolute Gasteiger partial charge is 0.255 e. The van der Waals surface area contributed by atoms with Crippen LogP contribution in [0.4, 0.5) is 0 Å². The summed E-state index contributed by atoms with van der Waals surface area (Å²) in [5.41, 5.74) is -0.228. The first-order valence-corrected chi connectivity index (χ1v) is 11.4. The molecule has 1 spiro atoms. The Morgan fingerprint density at radius 2 is 2.06 bits per heavy atom. The molecule has 2 aromatic rings. The van der Waals surface area contributed by atoms with Crippen LogP contribution in [0.15, 0.2) is 24.4 Å². The summed E-state index contributed by atoms with van der Waals surface area (Å²) in [6.45, 7) is 4.77. The molecule has 10 nitrogen and oxygen atoms in total. The average molecular weight is 475 g/mol. The number of halogens is 1. The Morgan fingerprint density at radius 1 is 1.27 bits per heavy atom. The molecule has 1 saturated carbocycles. The van der Waals surface area contributed by atoms with Gasteiger partial charge in [-0.1, -0.05) is 30.7 Å². The van der Waals surface area contributed by atoms with Gasteiger partial charge < -0.3 is 20.7 Å². The number of carbonyl (C=O) groups is 3. The number of ether oxygens (including phenoxy) is 1. The normalized spacial score (nSPS) is 20.8. The molecule has 2 aliphatic rings. The van der Waals surface area contributed by atoms with Crippen molar-refractivity contribution in [1.29, 1.82) is 0 Å². The first-order valence-electron chi connectivity index (χ1n) is 11.0. The Labute approximate surface area is 196 Å². The van der Waals surface area contributed by atoms with Gasteiger partial charge in [0.25, 0.3) is 5.91 Å². The van der Waals surface area contributed by atoms with Gasteiger partial charge in [0.2, 0.25) is 11.8 Å². The van der Waals surface area contributed by atoms with Crippen LogP contribution in [0.3, 0.4) is 0 Å². The highest BCUT2D eigenvalue weighted by molar-refractivity contribution is 6.31. The second-order valence-electron chi connectivity index (χ2n) is 8.87. The predicted octanol–water partition coefficient (Wildman–Crippen LogP) is 1.43. The van der Waals surface area contributed by atoms with Gasteiger partial charge in [-0.15, -0.1) is 5.10 Å². The van der Waals surface area contributed by atoms with Crippen LogP contribution in [0.5, 0.6) is 5.75 Å². The lowest BCUT2D eigenvalue weighted by atomic mass is 10.0. The van der Waals surface area contributed by atoms with Crippen LogP contribution in [0.1, 0.15) is 49.2 Å². The SMILES string of the molecule is CC(C)C[C@H]1NC(=O)C2(CC2)NC(=O)c2cc(Cl)ccc2OCCn2cc(nn2)CNC1=O. The molecule has 2 heterocycles. The van der Waals surface area contributed by atoms with Crippen molar-refractivity contribution in [3.05, 3.63) is 40.7 Å². The number of hydrogen-bond acceptors (Lipinski definition) is 6. The minimum absolute atomic E-state index is 0.173. The van der Waals surface area contributed by atoms with Crippen LogP contribution >= 0.6 is 11.6 Å². The first-order chi connectivity index (χ1) is 15.8. The van der Waals surface area contributed by atoms with E-state index in [1.807, 2.05) is 13.8 Å². The van der Waals surface area contributed by atoms with Crippen molar-refractivity contribution in [1.82, 2.24) is 30.9 Å². The molecule has 3 N–H and O–H groups in total. The summed E-state index contributed by atoms with van der Waals surface area (Å²) in [6, 6.07) is 4.04. The average Bonchev–Trinajstić information content (AvgIpc) is 3.41. The molecule has 1 fully saturated rings. The maximum absolute atomic E-state index is 13.1. The largest absolute Gasteiger partial charge is 0.491 e. The molecule has 1 aliphatic carbocycles. The molecule has 1 aliphatic heterocycles. The molecule has 176 valence electrons. The number of fused-ring (bicyclic) bond motifs is 3. The van der Waals surface area contributed by atoms with Crippen molar-refractivity contribution in [3.63, 3.8) is 0 Å². The fourth-order valence-electron chi connectivity index (χ4n) is 3.70. The highest BCUT2D eigenvalue weighted by Gasteiger charge is 2.52. The van der Waals surface area contributed by atoms with Crippen LogP contribution in [0.25, 0.3) is 0 Å². The van der Waals surface area contributed by atoms with E-state index in [0.717, 1.165) is 0 Å². The van der Waals surface area contributed by atoms with Crippen LogP contribution in [0.2, 0.25) is 5.02 Å². The summed E-state index contributed by atoms with van der Waals surface area (Å²) < 4.78 is 7.42. The molecule has 1 atom stereocenters. The predicted molar refractivity (Wildman–Crippen MR) is 120 cm³/mol. The van der Waals surface area contributed by atoms with Gasteiger partial charge in [0.15, 0.2) is 0 Å². The van der Waals surface area contributed by atoms with Gasteiger partial charge in [0.05, 0.1) is 24.8 Å². The van der Waals surface area contributed by atoms with Crippen molar-refractivity contribution in [2.75, 3.05) is 6.61 Å². The van der Waals surface area contributed by atoms with E-state index in [4.69, 9.17) is 16.3 Å². The van der Waals surface area contributed by atoms with Gasteiger partial charge in [0, 0.05) is 5.02 Å². The molecule has 3 amide bonds. The van der Waals surface area contributed by atoms with Crippen molar-refractivity contribution < 1.29 is 19.1 Å². The van der Waals surface area contributed by atoms with Gasteiger partial charge in [-0.2, -0.15) is 0 Å². The van der Waals surface area contributed by atoms with Crippen LogP contribution < -0.4 is 20.7 Å². The van der Waals surface area contributed by atoms with Gasteiger partial charge in [-0.25, -0.2) is 4.68 Å². The first kappa shape index (κ1) is 23.0. The molecular formula is C22H27ClN6O4. The highest BCUT2D eigenvalue weighted by atomic mass is 35.5. The zero-order valence-corrected chi connectivity index (χ0v) is 19.3. The number of benzene rings is 1. The maximum atomic E-state index is 13.1. The Kier molecular flexibility index (Phi) is 6.55. The molecule has 0 radical (unpaired) electrons. The van der Waals surface area contributed by atoms with E-state index < -0.39 is 17.5 Å². The second kappa shape index (κ2) is 9.38. The second-order valence-corrected chi connectivity index (χ2v) is 9.31. The van der Waals surface area contributed by atoms with Crippen molar-refractivity contribution in [2.24, 2.45) is 5.92 Å². The number of aromatic nitrogens is 3. The molecule has 0 unspecified atom stereocenters. The molecule has 1 aromatic heterocycles. The Balaban J connectivity index is 1.63. The third-order valence-electron chi connectivity index (χ3n) is 5.66. The van der Waals surface area contributed by atoms with Gasteiger partial charge in [0.1, 0.15) is 29.6 Å². The van der Waals surface area contributed by atoms with Gasteiger partial charge in [-0.3, -0.25) is 14.4 Å². The molecule has 1 aromatic carbocycles. The number of hydrogen-bond donors (Lipinski definition) is 3. The summed E-state index contributed by atoms with van der Waals surface area (Å²) in [5, 5.41) is 17.0. The summed E-state index contributed by atoms with van der Waals surface area (Å²) in [7, 11) is 0.